The van der Waals surface area contributed by atoms with E-state index in [1.54, 1.807) is 11.3 Å². The number of amides is 1. The van der Waals surface area contributed by atoms with Crippen LogP contribution < -0.4 is 10.1 Å². The third-order valence-corrected chi connectivity index (χ3v) is 5.81. The number of rotatable bonds is 9. The Balaban J connectivity index is 1.52. The summed E-state index contributed by atoms with van der Waals surface area (Å²) >= 11 is 1.78. The van der Waals surface area contributed by atoms with Gasteiger partial charge in [0, 0.05) is 17.8 Å². The number of hydrogen-bond donors (Lipinski definition) is 1. The molecule has 140 valence electrons. The lowest BCUT2D eigenvalue weighted by Crippen LogP contribution is -2.36. The number of carbonyl (C=O) groups excluding carboxylic acids is 1. The van der Waals surface area contributed by atoms with Crippen LogP contribution in [0.2, 0.25) is 0 Å². The number of nitrogens with one attached hydrogen (secondary N) is 1. The zero-order chi connectivity index (χ0) is 18.2. The van der Waals surface area contributed by atoms with Gasteiger partial charge in [-0.15, -0.1) is 11.3 Å². The summed E-state index contributed by atoms with van der Waals surface area (Å²) in [4.78, 5) is 16.2. The zero-order valence-electron chi connectivity index (χ0n) is 15.4. The molecule has 0 bridgehead atoms. The molecule has 1 unspecified atom stereocenters. The van der Waals surface area contributed by atoms with Gasteiger partial charge in [-0.1, -0.05) is 24.3 Å². The molecule has 1 N–H and O–H groups in total. The van der Waals surface area contributed by atoms with E-state index in [9.17, 15) is 4.79 Å². The second kappa shape index (κ2) is 9.74. The molecular weight excluding hydrogens is 344 g/mol. The topological polar surface area (TPSA) is 41.6 Å². The predicted molar refractivity (Wildman–Crippen MR) is 107 cm³/mol. The minimum absolute atomic E-state index is 0.108. The van der Waals surface area contributed by atoms with Crippen molar-refractivity contribution in [1.29, 1.82) is 0 Å². The number of hydrogen-bond acceptors (Lipinski definition) is 4. The monoisotopic (exact) mass is 372 g/mol. The SMILES string of the molecule is CCOc1ccccc1CCC(=O)NCC(c1cccs1)N1CCCC1. The molecule has 2 heterocycles. The van der Waals surface area contributed by atoms with E-state index < -0.39 is 0 Å². The van der Waals surface area contributed by atoms with Gasteiger partial charge in [0.25, 0.3) is 0 Å². The number of nitrogens with zero attached hydrogens (tertiary/aromatic N) is 1. The van der Waals surface area contributed by atoms with E-state index >= 15 is 0 Å². The minimum Gasteiger partial charge on any atom is -0.494 e. The summed E-state index contributed by atoms with van der Waals surface area (Å²) < 4.78 is 5.65. The molecule has 1 aromatic heterocycles. The van der Waals surface area contributed by atoms with Gasteiger partial charge in [-0.2, -0.15) is 0 Å². The third kappa shape index (κ3) is 5.08. The molecular formula is C21H28N2O2S. The van der Waals surface area contributed by atoms with Gasteiger partial charge >= 0.3 is 0 Å². The van der Waals surface area contributed by atoms with Crippen molar-refractivity contribution in [3.05, 3.63) is 52.2 Å². The fourth-order valence-electron chi connectivity index (χ4n) is 3.50. The van der Waals surface area contributed by atoms with Gasteiger partial charge in [-0.25, -0.2) is 0 Å². The Kier molecular flexibility index (Phi) is 7.09. The van der Waals surface area contributed by atoms with E-state index in [-0.39, 0.29) is 5.91 Å². The van der Waals surface area contributed by atoms with Gasteiger partial charge in [0.05, 0.1) is 12.6 Å². The molecule has 26 heavy (non-hydrogen) atoms. The van der Waals surface area contributed by atoms with E-state index in [0.717, 1.165) is 24.4 Å². The van der Waals surface area contributed by atoms with E-state index in [2.05, 4.69) is 27.7 Å². The van der Waals surface area contributed by atoms with Crippen molar-refractivity contribution in [1.82, 2.24) is 10.2 Å². The molecule has 1 aromatic carbocycles. The van der Waals surface area contributed by atoms with Crippen molar-refractivity contribution in [3.8, 4) is 5.75 Å². The van der Waals surface area contributed by atoms with E-state index in [0.29, 0.717) is 32.0 Å². The molecule has 1 aliphatic heterocycles. The first-order valence-corrected chi connectivity index (χ1v) is 10.4. The van der Waals surface area contributed by atoms with Gasteiger partial charge in [-0.05, 0) is 62.4 Å². The van der Waals surface area contributed by atoms with Crippen molar-refractivity contribution in [2.45, 2.75) is 38.6 Å². The van der Waals surface area contributed by atoms with Crippen LogP contribution in [0.1, 0.15) is 42.7 Å². The van der Waals surface area contributed by atoms with Crippen LogP contribution in [0.25, 0.3) is 0 Å². The highest BCUT2D eigenvalue weighted by molar-refractivity contribution is 7.10. The number of likely N-dealkylation sites (tertiary alicyclic amines) is 1. The number of ether oxygens (including phenoxy) is 1. The summed E-state index contributed by atoms with van der Waals surface area (Å²) in [7, 11) is 0. The molecule has 4 nitrogen and oxygen atoms in total. The molecule has 1 fully saturated rings. The molecule has 1 aliphatic rings. The molecule has 0 spiro atoms. The number of benzene rings is 1. The van der Waals surface area contributed by atoms with Crippen LogP contribution in [-0.2, 0) is 11.2 Å². The van der Waals surface area contributed by atoms with Gasteiger partial charge in [0.2, 0.25) is 5.91 Å². The van der Waals surface area contributed by atoms with E-state index in [1.165, 1.54) is 17.7 Å². The van der Waals surface area contributed by atoms with Gasteiger partial charge in [0.1, 0.15) is 5.75 Å². The highest BCUT2D eigenvalue weighted by atomic mass is 32.1. The Morgan fingerprint density at radius 3 is 2.77 bits per heavy atom. The lowest BCUT2D eigenvalue weighted by molar-refractivity contribution is -0.121. The molecule has 5 heteroatoms. The second-order valence-corrected chi connectivity index (χ2v) is 7.60. The number of thiophene rings is 1. The number of carbonyl (C=O) groups is 1. The maximum Gasteiger partial charge on any atom is 0.220 e. The maximum atomic E-state index is 12.4. The second-order valence-electron chi connectivity index (χ2n) is 6.62. The Morgan fingerprint density at radius 1 is 1.23 bits per heavy atom. The molecule has 1 saturated heterocycles. The largest absolute Gasteiger partial charge is 0.494 e. The van der Waals surface area contributed by atoms with Gasteiger partial charge < -0.3 is 10.1 Å². The van der Waals surface area contributed by atoms with Gasteiger partial charge in [-0.3, -0.25) is 9.69 Å². The van der Waals surface area contributed by atoms with Crippen molar-refractivity contribution in [3.63, 3.8) is 0 Å². The van der Waals surface area contributed by atoms with Crippen LogP contribution in [0.5, 0.6) is 5.75 Å². The minimum atomic E-state index is 0.108. The summed E-state index contributed by atoms with van der Waals surface area (Å²) in [6, 6.07) is 12.5. The fourth-order valence-corrected chi connectivity index (χ4v) is 4.36. The highest BCUT2D eigenvalue weighted by Crippen LogP contribution is 2.28. The standard InChI is InChI=1S/C21H28N2O2S/c1-2-25-19-9-4-3-8-17(19)11-12-21(24)22-16-18(20-10-7-15-26-20)23-13-5-6-14-23/h3-4,7-10,15,18H,2,5-6,11-14,16H2,1H3,(H,22,24). The fraction of sp³-hybridized carbons (Fsp3) is 0.476. The Labute approximate surface area is 160 Å². The normalized spacial score (nSPS) is 15.7. The smallest absolute Gasteiger partial charge is 0.220 e. The summed E-state index contributed by atoms with van der Waals surface area (Å²) in [5, 5.41) is 5.27. The first kappa shape index (κ1) is 18.9. The molecule has 2 aromatic rings. The summed E-state index contributed by atoms with van der Waals surface area (Å²) in [5.74, 6) is 0.994. The van der Waals surface area contributed by atoms with E-state index in [4.69, 9.17) is 4.74 Å². The quantitative estimate of drug-likeness (QED) is 0.722. The Bertz CT molecular complexity index is 681. The first-order valence-electron chi connectivity index (χ1n) is 9.52. The molecule has 1 atom stereocenters. The van der Waals surface area contributed by atoms with Gasteiger partial charge in [0.15, 0.2) is 0 Å². The lowest BCUT2D eigenvalue weighted by atomic mass is 10.1. The van der Waals surface area contributed by atoms with Crippen LogP contribution in [0, 0.1) is 0 Å². The summed E-state index contributed by atoms with van der Waals surface area (Å²) in [5.41, 5.74) is 1.10. The third-order valence-electron chi connectivity index (χ3n) is 4.84. The average molecular weight is 373 g/mol. The Morgan fingerprint density at radius 2 is 2.04 bits per heavy atom. The molecule has 0 saturated carbocycles. The molecule has 0 aliphatic carbocycles. The lowest BCUT2D eigenvalue weighted by Gasteiger charge is -2.27. The van der Waals surface area contributed by atoms with Crippen molar-refractivity contribution >= 4 is 17.2 Å². The molecule has 3 rings (SSSR count). The Hall–Kier alpha value is -1.85. The molecule has 1 amide bonds. The van der Waals surface area contributed by atoms with Crippen LogP contribution in [0.4, 0.5) is 0 Å². The van der Waals surface area contributed by atoms with Crippen LogP contribution in [-0.4, -0.2) is 37.0 Å². The van der Waals surface area contributed by atoms with Crippen molar-refractivity contribution < 1.29 is 9.53 Å². The highest BCUT2D eigenvalue weighted by Gasteiger charge is 2.24. The predicted octanol–water partition coefficient (Wildman–Crippen LogP) is 4.03. The first-order chi connectivity index (χ1) is 12.8. The van der Waals surface area contributed by atoms with Crippen LogP contribution >= 0.6 is 11.3 Å². The summed E-state index contributed by atoms with van der Waals surface area (Å²) in [6.07, 6.45) is 3.70. The average Bonchev–Trinajstić information content (AvgIpc) is 3.36. The van der Waals surface area contributed by atoms with E-state index in [1.807, 2.05) is 31.2 Å². The van der Waals surface area contributed by atoms with Crippen LogP contribution in [0.3, 0.4) is 0 Å². The maximum absolute atomic E-state index is 12.4. The van der Waals surface area contributed by atoms with Crippen molar-refractivity contribution in [2.75, 3.05) is 26.2 Å². The van der Waals surface area contributed by atoms with Crippen molar-refractivity contribution in [2.24, 2.45) is 0 Å². The molecule has 0 radical (unpaired) electrons. The number of para-hydroxylation sites is 1. The number of aryl methyl sites for hydroxylation is 1. The zero-order valence-corrected chi connectivity index (χ0v) is 16.3. The van der Waals surface area contributed by atoms with Crippen LogP contribution in [0.15, 0.2) is 41.8 Å². The summed E-state index contributed by atoms with van der Waals surface area (Å²) in [6.45, 7) is 5.56.